The Balaban J connectivity index is 0.733. The molecule has 1 N–H and O–H groups in total. The number of hydrogen-bond acceptors (Lipinski definition) is 8. The number of ether oxygens (including phenoxy) is 2. The Labute approximate surface area is 337 Å². The molecule has 2 amide bonds. The van der Waals surface area contributed by atoms with E-state index in [1.54, 1.807) is 29.5 Å². The largest absolute Gasteiger partial charge is 0.508 e. The average Bonchev–Trinajstić information content (AvgIpc) is 3.69. The molecule has 8 nitrogen and oxygen atoms in total. The SMILES string of the molecule is Cc1ccc(-c2sc3cc(O)ccc3c2Oc2ccc(OCCCCCCCC3CCC(c4ccc5c(c4)C(=O)N(C4CCC(=O)CC4=O)C5=O)CC3)cc2)cc1. The quantitative estimate of drug-likeness (QED) is 0.0678. The Morgan fingerprint density at radius 2 is 1.46 bits per heavy atom. The van der Waals surface area contributed by atoms with Crippen molar-refractivity contribution in [2.75, 3.05) is 6.61 Å². The fourth-order valence-corrected chi connectivity index (χ4v) is 9.93. The summed E-state index contributed by atoms with van der Waals surface area (Å²) >= 11 is 1.61. The summed E-state index contributed by atoms with van der Waals surface area (Å²) in [5, 5.41) is 11.1. The van der Waals surface area contributed by atoms with Crippen LogP contribution in [0.4, 0.5) is 0 Å². The Morgan fingerprint density at radius 3 is 2.23 bits per heavy atom. The van der Waals surface area contributed by atoms with Gasteiger partial charge < -0.3 is 14.6 Å². The van der Waals surface area contributed by atoms with Crippen molar-refractivity contribution in [1.82, 2.24) is 4.90 Å². The van der Waals surface area contributed by atoms with Crippen LogP contribution >= 0.6 is 11.3 Å². The molecule has 2 aliphatic carbocycles. The number of benzene rings is 4. The second-order valence-corrected chi connectivity index (χ2v) is 17.1. The van der Waals surface area contributed by atoms with Crippen LogP contribution in [0.15, 0.2) is 84.9 Å². The third-order valence-electron chi connectivity index (χ3n) is 12.0. The summed E-state index contributed by atoms with van der Waals surface area (Å²) in [6.07, 6.45) is 11.8. The minimum Gasteiger partial charge on any atom is -0.508 e. The van der Waals surface area contributed by atoms with Gasteiger partial charge >= 0.3 is 0 Å². The van der Waals surface area contributed by atoms with Gasteiger partial charge in [-0.3, -0.25) is 24.1 Å². The van der Waals surface area contributed by atoms with Crippen LogP contribution in [0, 0.1) is 12.8 Å². The molecule has 0 bridgehead atoms. The first-order chi connectivity index (χ1) is 27.7. The van der Waals surface area contributed by atoms with Crippen LogP contribution < -0.4 is 9.47 Å². The number of thiophene rings is 1. The van der Waals surface area contributed by atoms with Gasteiger partial charge in [0.05, 0.1) is 35.1 Å². The van der Waals surface area contributed by atoms with Crippen molar-refractivity contribution < 1.29 is 33.8 Å². The van der Waals surface area contributed by atoms with Gasteiger partial charge in [-0.25, -0.2) is 0 Å². The van der Waals surface area contributed by atoms with Crippen molar-refractivity contribution in [2.45, 2.75) is 102 Å². The lowest BCUT2D eigenvalue weighted by molar-refractivity contribution is -0.132. The van der Waals surface area contributed by atoms with E-state index < -0.39 is 17.9 Å². The zero-order chi connectivity index (χ0) is 39.5. The van der Waals surface area contributed by atoms with Crippen molar-refractivity contribution in [2.24, 2.45) is 5.92 Å². The second kappa shape index (κ2) is 17.1. The average molecular weight is 784 g/mol. The van der Waals surface area contributed by atoms with Crippen molar-refractivity contribution in [3.63, 3.8) is 0 Å². The summed E-state index contributed by atoms with van der Waals surface area (Å²) in [6.45, 7) is 2.76. The predicted octanol–water partition coefficient (Wildman–Crippen LogP) is 11.4. The number of unbranched alkanes of at least 4 members (excludes halogenated alkanes) is 4. The summed E-state index contributed by atoms with van der Waals surface area (Å²) < 4.78 is 13.5. The second-order valence-electron chi connectivity index (χ2n) is 16.0. The van der Waals surface area contributed by atoms with Gasteiger partial charge in [0, 0.05) is 16.5 Å². The summed E-state index contributed by atoms with van der Waals surface area (Å²) in [4.78, 5) is 52.8. The molecule has 0 radical (unpaired) electrons. The molecule has 8 rings (SSSR count). The van der Waals surface area contributed by atoms with Crippen molar-refractivity contribution in [3.05, 3.63) is 107 Å². The first-order valence-corrected chi connectivity index (χ1v) is 21.3. The number of Topliss-reactive ketones (excluding diaryl/α,β-unsaturated/α-hetero) is 2. The van der Waals surface area contributed by atoms with Gasteiger partial charge in [0.1, 0.15) is 23.0 Å². The highest BCUT2D eigenvalue weighted by Crippen LogP contribution is 2.47. The molecule has 2 saturated carbocycles. The molecule has 4 aromatic carbocycles. The number of aromatic hydroxyl groups is 1. The van der Waals surface area contributed by atoms with Crippen LogP contribution in [0.3, 0.4) is 0 Å². The summed E-state index contributed by atoms with van der Waals surface area (Å²) in [7, 11) is 0. The van der Waals surface area contributed by atoms with Crippen LogP contribution in [0.2, 0.25) is 0 Å². The van der Waals surface area contributed by atoms with Gasteiger partial charge in [0.2, 0.25) is 0 Å². The standard InChI is InChI=1S/C48H49NO7S/c1-30-8-12-33(13-9-30)46-45(40-24-17-36(51)29-44(40)57-46)56-38-21-19-37(20-22-38)55-26-6-4-2-3-5-7-31-10-14-32(15-11-31)34-16-23-39-41(27-34)48(54)49(47(39)53)42-25-18-35(50)28-43(42)52/h8-9,12-13,16-17,19-24,27,29,31-32,42,51H,2-7,10-11,14-15,18,25-26,28H2,1H3. The van der Waals surface area contributed by atoms with Gasteiger partial charge in [0.15, 0.2) is 11.5 Å². The molecule has 1 aliphatic heterocycles. The van der Waals surface area contributed by atoms with E-state index in [0.29, 0.717) is 23.7 Å². The molecular formula is C48H49NO7S. The fraction of sp³-hybridized carbons (Fsp3) is 0.375. The fourth-order valence-electron chi connectivity index (χ4n) is 8.77. The first-order valence-electron chi connectivity index (χ1n) is 20.5. The molecule has 0 spiro atoms. The molecule has 3 aliphatic rings. The van der Waals surface area contributed by atoms with E-state index in [4.69, 9.17) is 9.47 Å². The molecule has 2 fully saturated rings. The van der Waals surface area contributed by atoms with Gasteiger partial charge in [-0.15, -0.1) is 11.3 Å². The minimum atomic E-state index is -0.829. The molecule has 9 heteroatoms. The van der Waals surface area contributed by atoms with Crippen LogP contribution in [0.5, 0.6) is 23.0 Å². The number of imide groups is 1. The first kappa shape index (κ1) is 38.6. The van der Waals surface area contributed by atoms with Gasteiger partial charge in [-0.05, 0) is 123 Å². The molecule has 294 valence electrons. The van der Waals surface area contributed by atoms with Gasteiger partial charge in [-0.1, -0.05) is 68.0 Å². The maximum atomic E-state index is 13.3. The lowest BCUT2D eigenvalue weighted by Gasteiger charge is -2.29. The monoisotopic (exact) mass is 783 g/mol. The third-order valence-corrected chi connectivity index (χ3v) is 13.2. The number of fused-ring (bicyclic) bond motifs is 2. The van der Waals surface area contributed by atoms with E-state index >= 15 is 0 Å². The molecule has 5 aromatic rings. The number of carbonyl (C=O) groups is 4. The van der Waals surface area contributed by atoms with E-state index in [9.17, 15) is 24.3 Å². The van der Waals surface area contributed by atoms with E-state index in [1.165, 1.54) is 44.1 Å². The molecule has 57 heavy (non-hydrogen) atoms. The number of hydrogen-bond donors (Lipinski definition) is 1. The van der Waals surface area contributed by atoms with Crippen molar-refractivity contribution in [3.8, 4) is 33.4 Å². The van der Waals surface area contributed by atoms with Crippen LogP contribution in [0.1, 0.15) is 121 Å². The smallest absolute Gasteiger partial charge is 0.262 e. The molecule has 1 aromatic heterocycles. The molecular weight excluding hydrogens is 735 g/mol. The third kappa shape index (κ3) is 8.54. The highest BCUT2D eigenvalue weighted by atomic mass is 32.1. The summed E-state index contributed by atoms with van der Waals surface area (Å²) in [5.41, 5.74) is 4.15. The maximum Gasteiger partial charge on any atom is 0.262 e. The Morgan fingerprint density at radius 1 is 0.737 bits per heavy atom. The van der Waals surface area contributed by atoms with Crippen LogP contribution in [-0.2, 0) is 9.59 Å². The number of phenols is 1. The van der Waals surface area contributed by atoms with E-state index in [2.05, 4.69) is 31.2 Å². The van der Waals surface area contributed by atoms with E-state index in [1.807, 2.05) is 42.5 Å². The topological polar surface area (TPSA) is 110 Å². The van der Waals surface area contributed by atoms with Crippen LogP contribution in [-0.4, -0.2) is 46.0 Å². The Bertz CT molecular complexity index is 2280. The zero-order valence-corrected chi connectivity index (χ0v) is 33.3. The normalized spacial score (nSPS) is 19.7. The molecule has 2 heterocycles. The van der Waals surface area contributed by atoms with E-state index in [-0.39, 0.29) is 36.6 Å². The number of carbonyl (C=O) groups excluding carboxylic acids is 4. The molecule has 1 unspecified atom stereocenters. The number of ketones is 2. The van der Waals surface area contributed by atoms with Gasteiger partial charge in [-0.2, -0.15) is 0 Å². The number of rotatable bonds is 14. The van der Waals surface area contributed by atoms with Crippen molar-refractivity contribution >= 4 is 44.8 Å². The lowest BCUT2D eigenvalue weighted by atomic mass is 9.76. The number of aryl methyl sites for hydroxylation is 1. The molecule has 1 atom stereocenters. The number of amides is 2. The highest BCUT2D eigenvalue weighted by molar-refractivity contribution is 7.22. The minimum absolute atomic E-state index is 0.125. The maximum absolute atomic E-state index is 13.3. The highest BCUT2D eigenvalue weighted by Gasteiger charge is 2.44. The Hall–Kier alpha value is -5.28. The number of nitrogens with zero attached hydrogens (tertiary/aromatic N) is 1. The Kier molecular flexibility index (Phi) is 11.6. The van der Waals surface area contributed by atoms with Crippen molar-refractivity contribution in [1.29, 1.82) is 0 Å². The molecule has 0 saturated heterocycles. The summed E-state index contributed by atoms with van der Waals surface area (Å²) in [6, 6.07) is 26.4. The van der Waals surface area contributed by atoms with Crippen LogP contribution in [0.25, 0.3) is 20.5 Å². The zero-order valence-electron chi connectivity index (χ0n) is 32.5. The van der Waals surface area contributed by atoms with E-state index in [0.717, 1.165) is 79.8 Å². The lowest BCUT2D eigenvalue weighted by Crippen LogP contribution is -2.47. The summed E-state index contributed by atoms with van der Waals surface area (Å²) in [5.74, 6) is 2.42. The number of phenolic OH excluding ortho intramolecular Hbond substituents is 1. The van der Waals surface area contributed by atoms with Gasteiger partial charge in [0.25, 0.3) is 11.8 Å². The predicted molar refractivity (Wildman–Crippen MR) is 223 cm³/mol.